The maximum atomic E-state index is 11.6. The molecule has 0 saturated heterocycles. The molecule has 0 unspecified atom stereocenters. The first-order valence-electron chi connectivity index (χ1n) is 6.20. The van der Waals surface area contributed by atoms with Crippen molar-refractivity contribution in [3.05, 3.63) is 52.5 Å². The summed E-state index contributed by atoms with van der Waals surface area (Å²) in [4.78, 5) is 11.6. The molecule has 5 heteroatoms. The monoisotopic (exact) mass is 346 g/mol. The molecule has 0 spiro atoms. The molecule has 1 heterocycles. The summed E-state index contributed by atoms with van der Waals surface area (Å²) in [6.45, 7) is 0. The second-order valence-electron chi connectivity index (χ2n) is 4.48. The van der Waals surface area contributed by atoms with Gasteiger partial charge in [0.15, 0.2) is 0 Å². The number of carboxylic acid groups (broad SMARTS) is 1. The highest BCUT2D eigenvalue weighted by Gasteiger charge is 2.22. The Balaban J connectivity index is 2.29. The van der Waals surface area contributed by atoms with Crippen molar-refractivity contribution in [1.29, 1.82) is 0 Å². The summed E-state index contributed by atoms with van der Waals surface area (Å²) in [5.41, 5.74) is 1.38. The van der Waals surface area contributed by atoms with Gasteiger partial charge in [0.25, 0.3) is 0 Å². The summed E-state index contributed by atoms with van der Waals surface area (Å²) in [5.74, 6) is -0.0914. The van der Waals surface area contributed by atoms with E-state index in [1.54, 1.807) is 18.2 Å². The first-order valence-corrected chi connectivity index (χ1v) is 6.99. The Hall–Kier alpha value is -2.27. The van der Waals surface area contributed by atoms with E-state index in [9.17, 15) is 9.90 Å². The van der Waals surface area contributed by atoms with Gasteiger partial charge in [-0.05, 0) is 30.3 Å². The lowest BCUT2D eigenvalue weighted by Crippen LogP contribution is -1.97. The van der Waals surface area contributed by atoms with E-state index in [1.165, 1.54) is 7.11 Å². The molecule has 1 N–H and O–H groups in total. The van der Waals surface area contributed by atoms with Crippen LogP contribution in [0, 0.1) is 0 Å². The zero-order valence-corrected chi connectivity index (χ0v) is 12.7. The van der Waals surface area contributed by atoms with Gasteiger partial charge < -0.3 is 14.3 Å². The molecule has 0 aliphatic rings. The summed E-state index contributed by atoms with van der Waals surface area (Å²) in [6.07, 6.45) is 0. The molecule has 106 valence electrons. The van der Waals surface area contributed by atoms with Crippen LogP contribution in [0.15, 0.2) is 51.4 Å². The SMILES string of the molecule is COc1ccc2oc(-c3ccc(Br)cc3)c(C(=O)O)c2c1. The number of fused-ring (bicyclic) bond motifs is 1. The number of carboxylic acids is 1. The summed E-state index contributed by atoms with van der Waals surface area (Å²) in [6, 6.07) is 12.4. The molecule has 0 aliphatic carbocycles. The van der Waals surface area contributed by atoms with E-state index < -0.39 is 5.97 Å². The van der Waals surface area contributed by atoms with Gasteiger partial charge in [-0.25, -0.2) is 4.79 Å². The number of hydrogen-bond acceptors (Lipinski definition) is 3. The van der Waals surface area contributed by atoms with E-state index >= 15 is 0 Å². The van der Waals surface area contributed by atoms with Crippen molar-refractivity contribution in [3.8, 4) is 17.1 Å². The molecule has 0 fully saturated rings. The number of rotatable bonds is 3. The Bertz CT molecular complexity index is 818. The second kappa shape index (κ2) is 5.26. The molecule has 0 amide bonds. The Morgan fingerprint density at radius 2 is 1.90 bits per heavy atom. The maximum absolute atomic E-state index is 11.6. The van der Waals surface area contributed by atoms with Crippen LogP contribution in [0.25, 0.3) is 22.3 Å². The van der Waals surface area contributed by atoms with Crippen molar-refractivity contribution < 1.29 is 19.1 Å². The smallest absolute Gasteiger partial charge is 0.340 e. The quantitative estimate of drug-likeness (QED) is 0.754. The minimum Gasteiger partial charge on any atom is -0.497 e. The largest absolute Gasteiger partial charge is 0.497 e. The third-order valence-electron chi connectivity index (χ3n) is 3.22. The number of methoxy groups -OCH3 is 1. The number of halogens is 1. The lowest BCUT2D eigenvalue weighted by atomic mass is 10.1. The Morgan fingerprint density at radius 3 is 2.52 bits per heavy atom. The van der Waals surface area contributed by atoms with Gasteiger partial charge in [0.05, 0.1) is 7.11 Å². The van der Waals surface area contributed by atoms with Crippen LogP contribution < -0.4 is 4.74 Å². The van der Waals surface area contributed by atoms with Crippen molar-refractivity contribution in [1.82, 2.24) is 0 Å². The van der Waals surface area contributed by atoms with Crippen LogP contribution in [0.4, 0.5) is 0 Å². The van der Waals surface area contributed by atoms with Gasteiger partial charge in [-0.3, -0.25) is 0 Å². The predicted octanol–water partition coefficient (Wildman–Crippen LogP) is 4.57. The fourth-order valence-corrected chi connectivity index (χ4v) is 2.48. The molecule has 2 aromatic carbocycles. The molecule has 4 nitrogen and oxygen atoms in total. The highest BCUT2D eigenvalue weighted by atomic mass is 79.9. The Labute approximate surface area is 129 Å². The zero-order chi connectivity index (χ0) is 15.0. The van der Waals surface area contributed by atoms with Gasteiger partial charge in [0, 0.05) is 15.4 Å². The van der Waals surface area contributed by atoms with Gasteiger partial charge in [-0.2, -0.15) is 0 Å². The standard InChI is InChI=1S/C16H11BrO4/c1-20-11-6-7-13-12(8-11)14(16(18)19)15(21-13)9-2-4-10(17)5-3-9/h2-8H,1H3,(H,18,19). The molecule has 21 heavy (non-hydrogen) atoms. The fourth-order valence-electron chi connectivity index (χ4n) is 2.22. The molecule has 0 radical (unpaired) electrons. The first-order chi connectivity index (χ1) is 10.1. The maximum Gasteiger partial charge on any atom is 0.340 e. The molecule has 0 bridgehead atoms. The van der Waals surface area contributed by atoms with Crippen LogP contribution in [0.3, 0.4) is 0 Å². The van der Waals surface area contributed by atoms with Crippen LogP contribution in [0.5, 0.6) is 5.75 Å². The van der Waals surface area contributed by atoms with Crippen molar-refractivity contribution >= 4 is 32.9 Å². The van der Waals surface area contributed by atoms with E-state index in [4.69, 9.17) is 9.15 Å². The van der Waals surface area contributed by atoms with Gasteiger partial charge in [-0.15, -0.1) is 0 Å². The highest BCUT2D eigenvalue weighted by molar-refractivity contribution is 9.10. The van der Waals surface area contributed by atoms with E-state index in [2.05, 4.69) is 15.9 Å². The lowest BCUT2D eigenvalue weighted by Gasteiger charge is -2.00. The van der Waals surface area contributed by atoms with Crippen molar-refractivity contribution in [2.45, 2.75) is 0 Å². The van der Waals surface area contributed by atoms with Crippen LogP contribution >= 0.6 is 15.9 Å². The van der Waals surface area contributed by atoms with Crippen LogP contribution in [0.2, 0.25) is 0 Å². The van der Waals surface area contributed by atoms with E-state index in [-0.39, 0.29) is 5.56 Å². The lowest BCUT2D eigenvalue weighted by molar-refractivity contribution is 0.0699. The van der Waals surface area contributed by atoms with E-state index in [0.717, 1.165) is 4.47 Å². The van der Waals surface area contributed by atoms with Crippen LogP contribution in [-0.4, -0.2) is 18.2 Å². The molecule has 0 saturated carbocycles. The highest BCUT2D eigenvalue weighted by Crippen LogP contribution is 2.35. The van der Waals surface area contributed by atoms with Gasteiger partial charge in [0.1, 0.15) is 22.7 Å². The van der Waals surface area contributed by atoms with Crippen LogP contribution in [0.1, 0.15) is 10.4 Å². The minimum atomic E-state index is -1.03. The predicted molar refractivity (Wildman–Crippen MR) is 82.9 cm³/mol. The molecule has 0 atom stereocenters. The molecule has 0 aliphatic heterocycles. The second-order valence-corrected chi connectivity index (χ2v) is 5.40. The van der Waals surface area contributed by atoms with Gasteiger partial charge in [-0.1, -0.05) is 28.1 Å². The molecular formula is C16H11BrO4. The van der Waals surface area contributed by atoms with E-state index in [0.29, 0.717) is 28.0 Å². The summed E-state index contributed by atoms with van der Waals surface area (Å²) in [7, 11) is 1.54. The van der Waals surface area contributed by atoms with E-state index in [1.807, 2.05) is 24.3 Å². The summed E-state index contributed by atoms with van der Waals surface area (Å²) < 4.78 is 11.8. The number of aromatic carboxylic acids is 1. The summed E-state index contributed by atoms with van der Waals surface area (Å²) in [5, 5.41) is 10.0. The number of carbonyl (C=O) groups is 1. The molecule has 3 rings (SSSR count). The zero-order valence-electron chi connectivity index (χ0n) is 11.1. The molecule has 3 aromatic rings. The van der Waals surface area contributed by atoms with Crippen LogP contribution in [-0.2, 0) is 0 Å². The number of hydrogen-bond donors (Lipinski definition) is 1. The van der Waals surface area contributed by atoms with Crippen molar-refractivity contribution in [3.63, 3.8) is 0 Å². The normalized spacial score (nSPS) is 10.8. The Kier molecular flexibility index (Phi) is 3.43. The topological polar surface area (TPSA) is 59.7 Å². The van der Waals surface area contributed by atoms with Gasteiger partial charge >= 0.3 is 5.97 Å². The average molecular weight is 347 g/mol. The summed E-state index contributed by atoms with van der Waals surface area (Å²) >= 11 is 3.36. The minimum absolute atomic E-state index is 0.145. The Morgan fingerprint density at radius 1 is 1.19 bits per heavy atom. The first kappa shape index (κ1) is 13.7. The number of ether oxygens (including phenoxy) is 1. The third kappa shape index (κ3) is 2.40. The molecular weight excluding hydrogens is 336 g/mol. The fraction of sp³-hybridized carbons (Fsp3) is 0.0625. The number of benzene rings is 2. The number of furan rings is 1. The van der Waals surface area contributed by atoms with Gasteiger partial charge in [0.2, 0.25) is 0 Å². The average Bonchev–Trinajstić information content (AvgIpc) is 2.86. The molecule has 1 aromatic heterocycles. The van der Waals surface area contributed by atoms with Crippen molar-refractivity contribution in [2.75, 3.05) is 7.11 Å². The third-order valence-corrected chi connectivity index (χ3v) is 3.74. The van der Waals surface area contributed by atoms with Crippen molar-refractivity contribution in [2.24, 2.45) is 0 Å².